The van der Waals surface area contributed by atoms with Crippen molar-refractivity contribution in [1.29, 1.82) is 0 Å². The number of hydrogen-bond donors (Lipinski definition) is 2. The number of halogens is 5. The van der Waals surface area contributed by atoms with Crippen LogP contribution in [0.1, 0.15) is 43.0 Å². The highest BCUT2D eigenvalue weighted by Gasteiger charge is 2.40. The third kappa shape index (κ3) is 5.10. The lowest BCUT2D eigenvalue weighted by Crippen LogP contribution is -2.48. The number of nitrogens with two attached hydrogens (primary N) is 1. The lowest BCUT2D eigenvalue weighted by molar-refractivity contribution is -0.137. The Kier molecular flexibility index (Phi) is 7.29. The van der Waals surface area contributed by atoms with Gasteiger partial charge in [-0.15, -0.1) is 0 Å². The summed E-state index contributed by atoms with van der Waals surface area (Å²) in [6, 6.07) is 1.27. The Morgan fingerprint density at radius 3 is 2.66 bits per heavy atom. The van der Waals surface area contributed by atoms with Crippen molar-refractivity contribution in [2.45, 2.75) is 51.5 Å². The molecule has 0 aliphatic carbocycles. The van der Waals surface area contributed by atoms with Crippen LogP contribution in [-0.2, 0) is 6.18 Å². The number of likely N-dealkylation sites (tertiary alicyclic amines) is 1. The van der Waals surface area contributed by atoms with E-state index in [0.29, 0.717) is 5.56 Å². The Bertz CT molecular complexity index is 2040. The number of alkyl halides is 3. The summed E-state index contributed by atoms with van der Waals surface area (Å²) >= 11 is 0. The number of H-pyrrole nitrogens is 1. The molecule has 0 spiro atoms. The average molecular weight is 656 g/mol. The SMILES string of the molecule is Cc1cc2[nH]ncc2c(-c2nc3c4c(nc(OC[C@@H]5CCN5C)nc4c2F)N([C@H](C)c2cc(F)cnc2N)[C@@H](C)CO3)c1C(F)(F)F. The number of benzene rings is 1. The zero-order chi connectivity index (χ0) is 33.4. The highest BCUT2D eigenvalue weighted by atomic mass is 19.4. The van der Waals surface area contributed by atoms with Crippen molar-refractivity contribution in [3.05, 3.63) is 52.9 Å². The van der Waals surface area contributed by atoms with Crippen LogP contribution in [0.2, 0.25) is 0 Å². The number of nitrogen functional groups attached to an aromatic ring is 1. The first-order valence-corrected chi connectivity index (χ1v) is 14.9. The van der Waals surface area contributed by atoms with Crippen LogP contribution in [0, 0.1) is 18.6 Å². The maximum absolute atomic E-state index is 17.0. The molecule has 7 rings (SSSR count). The number of hydrogen-bond acceptors (Lipinski definition) is 10. The van der Waals surface area contributed by atoms with E-state index in [9.17, 15) is 17.6 Å². The fourth-order valence-electron chi connectivity index (χ4n) is 6.42. The fraction of sp³-hybridized carbons (Fsp3) is 0.387. The van der Waals surface area contributed by atoms with E-state index < -0.39 is 46.7 Å². The Labute approximate surface area is 264 Å². The molecule has 0 radical (unpaired) electrons. The summed E-state index contributed by atoms with van der Waals surface area (Å²) in [5, 5.41) is 6.61. The number of pyridine rings is 2. The molecule has 0 unspecified atom stereocenters. The molecule has 2 aliphatic rings. The molecule has 5 aromatic rings. The number of likely N-dealkylation sites (N-methyl/N-ethyl adjacent to an activating group) is 1. The molecule has 3 atom stereocenters. The monoisotopic (exact) mass is 655 g/mol. The van der Waals surface area contributed by atoms with Gasteiger partial charge in [0, 0.05) is 22.6 Å². The minimum Gasteiger partial charge on any atom is -0.475 e. The van der Waals surface area contributed by atoms with Crippen molar-refractivity contribution in [3.8, 4) is 23.1 Å². The van der Waals surface area contributed by atoms with Gasteiger partial charge in [-0.25, -0.2) is 18.7 Å². The van der Waals surface area contributed by atoms with E-state index in [0.717, 1.165) is 19.2 Å². The van der Waals surface area contributed by atoms with Crippen molar-refractivity contribution in [3.63, 3.8) is 0 Å². The van der Waals surface area contributed by atoms with Crippen molar-refractivity contribution in [2.75, 3.05) is 37.4 Å². The molecule has 0 bridgehead atoms. The fourth-order valence-corrected chi connectivity index (χ4v) is 6.42. The van der Waals surface area contributed by atoms with Gasteiger partial charge in [-0.05, 0) is 58.5 Å². The number of nitrogens with zero attached hydrogens (tertiary/aromatic N) is 7. The van der Waals surface area contributed by atoms with E-state index in [1.165, 1.54) is 25.3 Å². The van der Waals surface area contributed by atoms with Crippen LogP contribution >= 0.6 is 0 Å². The first kappa shape index (κ1) is 30.8. The maximum atomic E-state index is 17.0. The molecule has 4 aromatic heterocycles. The normalized spacial score (nSPS) is 19.0. The Balaban J connectivity index is 1.50. The summed E-state index contributed by atoms with van der Waals surface area (Å²) in [6.45, 7) is 5.88. The van der Waals surface area contributed by atoms with Gasteiger partial charge in [0.05, 0.1) is 35.6 Å². The molecule has 0 saturated carbocycles. The number of aryl methyl sites for hydroxylation is 1. The molecule has 6 heterocycles. The molecular weight excluding hydrogens is 625 g/mol. The predicted molar refractivity (Wildman–Crippen MR) is 163 cm³/mol. The lowest BCUT2D eigenvalue weighted by atomic mass is 9.94. The maximum Gasteiger partial charge on any atom is 0.417 e. The van der Waals surface area contributed by atoms with Gasteiger partial charge < -0.3 is 20.1 Å². The number of aromatic nitrogens is 6. The number of ether oxygens (including phenoxy) is 2. The Hall–Kier alpha value is -4.86. The second-order valence-electron chi connectivity index (χ2n) is 12.0. The highest BCUT2D eigenvalue weighted by molar-refractivity contribution is 6.02. The van der Waals surface area contributed by atoms with E-state index in [-0.39, 0.29) is 70.2 Å². The lowest BCUT2D eigenvalue weighted by Gasteiger charge is -2.37. The van der Waals surface area contributed by atoms with Gasteiger partial charge in [0.25, 0.3) is 0 Å². The summed E-state index contributed by atoms with van der Waals surface area (Å²) < 4.78 is 87.2. The average Bonchev–Trinajstić information content (AvgIpc) is 3.43. The van der Waals surface area contributed by atoms with Crippen molar-refractivity contribution >= 4 is 33.4 Å². The minimum atomic E-state index is -4.86. The molecule has 1 fully saturated rings. The summed E-state index contributed by atoms with van der Waals surface area (Å²) in [4.78, 5) is 21.2. The van der Waals surface area contributed by atoms with Crippen LogP contribution < -0.4 is 20.1 Å². The first-order valence-electron chi connectivity index (χ1n) is 14.9. The quantitative estimate of drug-likeness (QED) is 0.224. The number of anilines is 2. The largest absolute Gasteiger partial charge is 0.475 e. The second-order valence-corrected chi connectivity index (χ2v) is 12.0. The molecule has 1 aromatic carbocycles. The van der Waals surface area contributed by atoms with Crippen LogP contribution in [0.25, 0.3) is 33.1 Å². The first-order chi connectivity index (χ1) is 22.3. The van der Waals surface area contributed by atoms with E-state index >= 15 is 4.39 Å². The molecule has 0 amide bonds. The van der Waals surface area contributed by atoms with Gasteiger partial charge in [-0.3, -0.25) is 10.00 Å². The van der Waals surface area contributed by atoms with Gasteiger partial charge in [0.15, 0.2) is 5.82 Å². The number of aromatic amines is 1. The van der Waals surface area contributed by atoms with Crippen LogP contribution in [-0.4, -0.2) is 73.9 Å². The zero-order valence-electron chi connectivity index (χ0n) is 25.8. The number of rotatable bonds is 6. The second kappa shape index (κ2) is 11.1. The molecule has 16 heteroatoms. The molecular formula is C31H30F5N9O2. The molecule has 246 valence electrons. The van der Waals surface area contributed by atoms with Crippen LogP contribution in [0.3, 0.4) is 0 Å². The molecule has 1 saturated heterocycles. The van der Waals surface area contributed by atoms with Crippen LogP contribution in [0.15, 0.2) is 24.5 Å². The molecule has 2 aliphatic heterocycles. The van der Waals surface area contributed by atoms with E-state index in [1.54, 1.807) is 18.7 Å². The molecule has 47 heavy (non-hydrogen) atoms. The number of nitrogens with one attached hydrogen (secondary N) is 1. The van der Waals surface area contributed by atoms with Crippen LogP contribution in [0.4, 0.5) is 33.6 Å². The van der Waals surface area contributed by atoms with Crippen LogP contribution in [0.5, 0.6) is 11.9 Å². The third-order valence-corrected chi connectivity index (χ3v) is 8.98. The van der Waals surface area contributed by atoms with Gasteiger partial charge in [-0.1, -0.05) is 0 Å². The zero-order valence-corrected chi connectivity index (χ0v) is 25.8. The number of fused-ring (bicyclic) bond motifs is 1. The van der Waals surface area contributed by atoms with E-state index in [2.05, 4.69) is 35.0 Å². The summed E-state index contributed by atoms with van der Waals surface area (Å²) in [6.07, 6.45) is -1.79. The van der Waals surface area contributed by atoms with Gasteiger partial charge in [-0.2, -0.15) is 28.2 Å². The summed E-state index contributed by atoms with van der Waals surface area (Å²) in [5.74, 6) is -1.70. The Morgan fingerprint density at radius 1 is 1.17 bits per heavy atom. The summed E-state index contributed by atoms with van der Waals surface area (Å²) in [5.41, 5.74) is 4.09. The van der Waals surface area contributed by atoms with Crippen molar-refractivity contribution in [2.24, 2.45) is 0 Å². The minimum absolute atomic E-state index is 0.0168. The standard InChI is InChI=1S/C31H30F5N9O2/c1-13-7-20-19(10-39-43-20)21(23(13)31(34,35)36)25-24(33)26-22-28(42-30(41-26)47-12-17-5-6-44(17)4)45(14(2)11-46-29(22)40-25)15(3)18-8-16(32)9-38-27(18)37/h7-10,14-15,17H,5-6,11-12H2,1-4H3,(H2,37,38)(H,39,43)/t14-,15+,17-/m0/s1. The van der Waals surface area contributed by atoms with Gasteiger partial charge >= 0.3 is 12.2 Å². The topological polar surface area (TPSA) is 131 Å². The predicted octanol–water partition coefficient (Wildman–Crippen LogP) is 5.58. The van der Waals surface area contributed by atoms with Gasteiger partial charge in [0.1, 0.15) is 47.3 Å². The summed E-state index contributed by atoms with van der Waals surface area (Å²) in [7, 11) is 1.94. The van der Waals surface area contributed by atoms with Gasteiger partial charge in [0.2, 0.25) is 5.88 Å². The molecule has 11 nitrogen and oxygen atoms in total. The third-order valence-electron chi connectivity index (χ3n) is 8.98. The highest BCUT2D eigenvalue weighted by Crippen LogP contribution is 2.47. The van der Waals surface area contributed by atoms with Crippen molar-refractivity contribution in [1.82, 2.24) is 35.0 Å². The van der Waals surface area contributed by atoms with E-state index in [4.69, 9.17) is 15.2 Å². The smallest absolute Gasteiger partial charge is 0.417 e. The molecule has 3 N–H and O–H groups in total. The van der Waals surface area contributed by atoms with E-state index in [1.807, 2.05) is 7.05 Å². The van der Waals surface area contributed by atoms with Crippen molar-refractivity contribution < 1.29 is 31.4 Å². The Morgan fingerprint density at radius 2 is 1.96 bits per heavy atom.